The summed E-state index contributed by atoms with van der Waals surface area (Å²) in [4.78, 5) is 4.42. The fraction of sp³-hybridized carbons (Fsp3) is 0.190. The van der Waals surface area contributed by atoms with Gasteiger partial charge in [0.1, 0.15) is 11.6 Å². The van der Waals surface area contributed by atoms with Crippen molar-refractivity contribution in [2.45, 2.75) is 25.2 Å². The molecule has 3 aromatic rings. The molecule has 146 valence electrons. The van der Waals surface area contributed by atoms with Gasteiger partial charge >= 0.3 is 0 Å². The van der Waals surface area contributed by atoms with E-state index in [0.717, 1.165) is 23.2 Å². The van der Waals surface area contributed by atoms with Gasteiger partial charge in [-0.15, -0.1) is 0 Å². The number of aromatic nitrogens is 1. The van der Waals surface area contributed by atoms with Crippen LogP contribution in [0.5, 0.6) is 0 Å². The van der Waals surface area contributed by atoms with Gasteiger partial charge in [-0.05, 0) is 67.3 Å². The Hall–Kier alpha value is -2.93. The van der Waals surface area contributed by atoms with Crippen molar-refractivity contribution in [2.24, 2.45) is 0 Å². The molecule has 0 aliphatic heterocycles. The zero-order valence-corrected chi connectivity index (χ0v) is 16.6. The average Bonchev–Trinajstić information content (AvgIpc) is 2.66. The minimum absolute atomic E-state index is 0.246. The van der Waals surface area contributed by atoms with E-state index in [2.05, 4.69) is 15.0 Å². The Morgan fingerprint density at radius 1 is 1.00 bits per heavy atom. The van der Waals surface area contributed by atoms with Crippen molar-refractivity contribution in [3.63, 3.8) is 0 Å². The molecule has 7 heteroatoms. The summed E-state index contributed by atoms with van der Waals surface area (Å²) in [5, 5.41) is 3.21. The number of aryl methyl sites for hydroxylation is 2. The van der Waals surface area contributed by atoms with Crippen LogP contribution < -0.4 is 10.0 Å². The van der Waals surface area contributed by atoms with E-state index in [1.54, 1.807) is 49.5 Å². The summed E-state index contributed by atoms with van der Waals surface area (Å²) in [6, 6.07) is 15.1. The summed E-state index contributed by atoms with van der Waals surface area (Å²) in [6.07, 6.45) is 2.31. The maximum absolute atomic E-state index is 12.9. The van der Waals surface area contributed by atoms with Crippen LogP contribution in [0, 0.1) is 19.7 Å². The zero-order chi connectivity index (χ0) is 20.1. The van der Waals surface area contributed by atoms with Gasteiger partial charge in [0.15, 0.2) is 0 Å². The molecule has 1 heterocycles. The topological polar surface area (TPSA) is 71.1 Å². The lowest BCUT2D eigenvalue weighted by Gasteiger charge is -2.11. The standard InChI is InChI=1S/C21H22FN3O2S/c1-15-3-4-16(2)20(13-15)28(26,27)25-21-10-9-19(14-24-21)23-12-11-17-5-7-18(22)8-6-17/h3-10,13-14,23H,11-12H2,1-2H3,(H,24,25). The highest BCUT2D eigenvalue weighted by molar-refractivity contribution is 7.92. The molecule has 0 saturated heterocycles. The van der Waals surface area contributed by atoms with E-state index in [4.69, 9.17) is 0 Å². The molecule has 0 unspecified atom stereocenters. The smallest absolute Gasteiger partial charge is 0.263 e. The second-order valence-electron chi connectivity index (χ2n) is 6.61. The third-order valence-electron chi connectivity index (χ3n) is 4.29. The van der Waals surface area contributed by atoms with Crippen molar-refractivity contribution in [2.75, 3.05) is 16.6 Å². The number of pyridine rings is 1. The summed E-state index contributed by atoms with van der Waals surface area (Å²) in [5.74, 6) is 0.00444. The SMILES string of the molecule is Cc1ccc(C)c(S(=O)(=O)Nc2ccc(NCCc3ccc(F)cc3)cn2)c1. The molecule has 5 nitrogen and oxygen atoms in total. The molecule has 0 amide bonds. The second-order valence-corrected chi connectivity index (χ2v) is 8.26. The molecule has 0 atom stereocenters. The summed E-state index contributed by atoms with van der Waals surface area (Å²) in [6.45, 7) is 4.26. The summed E-state index contributed by atoms with van der Waals surface area (Å²) in [5.41, 5.74) is 3.35. The van der Waals surface area contributed by atoms with Gasteiger partial charge in [0.05, 0.1) is 16.8 Å². The quantitative estimate of drug-likeness (QED) is 0.622. The first-order chi connectivity index (χ1) is 13.3. The normalized spacial score (nSPS) is 11.2. The van der Waals surface area contributed by atoms with E-state index in [-0.39, 0.29) is 16.5 Å². The number of hydrogen-bond acceptors (Lipinski definition) is 4. The molecular formula is C21H22FN3O2S. The Bertz CT molecular complexity index is 1050. The number of hydrogen-bond donors (Lipinski definition) is 2. The maximum Gasteiger partial charge on any atom is 0.263 e. The van der Waals surface area contributed by atoms with E-state index < -0.39 is 10.0 Å². The third kappa shape index (κ3) is 5.07. The number of benzene rings is 2. The molecule has 0 saturated carbocycles. The molecule has 0 fully saturated rings. The molecule has 1 aromatic heterocycles. The van der Waals surface area contributed by atoms with Gasteiger partial charge in [-0.1, -0.05) is 24.3 Å². The van der Waals surface area contributed by atoms with E-state index in [1.807, 2.05) is 13.0 Å². The lowest BCUT2D eigenvalue weighted by molar-refractivity contribution is 0.600. The predicted molar refractivity (Wildman–Crippen MR) is 110 cm³/mol. The van der Waals surface area contributed by atoms with Crippen molar-refractivity contribution in [3.8, 4) is 0 Å². The van der Waals surface area contributed by atoms with Crippen molar-refractivity contribution in [1.29, 1.82) is 0 Å². The van der Waals surface area contributed by atoms with Crippen LogP contribution in [0.15, 0.2) is 65.7 Å². The molecule has 2 N–H and O–H groups in total. The Kier molecular flexibility index (Phi) is 5.94. The van der Waals surface area contributed by atoms with Crippen LogP contribution in [0.3, 0.4) is 0 Å². The summed E-state index contributed by atoms with van der Waals surface area (Å²) < 4.78 is 40.7. The van der Waals surface area contributed by atoms with Crippen LogP contribution in [-0.4, -0.2) is 19.9 Å². The third-order valence-corrected chi connectivity index (χ3v) is 5.79. The number of halogens is 1. The van der Waals surface area contributed by atoms with Crippen LogP contribution >= 0.6 is 0 Å². The van der Waals surface area contributed by atoms with Crippen LogP contribution in [0.1, 0.15) is 16.7 Å². The van der Waals surface area contributed by atoms with E-state index >= 15 is 0 Å². The number of rotatable bonds is 7. The molecule has 0 aliphatic rings. The average molecular weight is 399 g/mol. The van der Waals surface area contributed by atoms with Crippen LogP contribution in [0.25, 0.3) is 0 Å². The molecule has 0 bridgehead atoms. The van der Waals surface area contributed by atoms with Crippen molar-refractivity contribution >= 4 is 21.5 Å². The Labute approximate surface area is 164 Å². The minimum Gasteiger partial charge on any atom is -0.383 e. The highest BCUT2D eigenvalue weighted by Crippen LogP contribution is 2.20. The molecule has 3 rings (SSSR count). The van der Waals surface area contributed by atoms with E-state index in [0.29, 0.717) is 12.1 Å². The van der Waals surface area contributed by atoms with E-state index in [9.17, 15) is 12.8 Å². The fourth-order valence-electron chi connectivity index (χ4n) is 2.75. The predicted octanol–water partition coefficient (Wildman–Crippen LogP) is 4.29. The second kappa shape index (κ2) is 8.39. The lowest BCUT2D eigenvalue weighted by atomic mass is 10.1. The number of anilines is 2. The van der Waals surface area contributed by atoms with Crippen LogP contribution in [0.4, 0.5) is 15.9 Å². The lowest BCUT2D eigenvalue weighted by Crippen LogP contribution is -2.15. The minimum atomic E-state index is -3.70. The van der Waals surface area contributed by atoms with Gasteiger partial charge in [-0.3, -0.25) is 4.72 Å². The highest BCUT2D eigenvalue weighted by atomic mass is 32.2. The van der Waals surface area contributed by atoms with Crippen LogP contribution in [0.2, 0.25) is 0 Å². The van der Waals surface area contributed by atoms with Gasteiger partial charge in [0.25, 0.3) is 10.0 Å². The van der Waals surface area contributed by atoms with Gasteiger partial charge < -0.3 is 5.32 Å². The monoisotopic (exact) mass is 399 g/mol. The first-order valence-corrected chi connectivity index (χ1v) is 10.4. The van der Waals surface area contributed by atoms with Crippen LogP contribution in [-0.2, 0) is 16.4 Å². The Morgan fingerprint density at radius 3 is 2.43 bits per heavy atom. The van der Waals surface area contributed by atoms with Gasteiger partial charge in [0.2, 0.25) is 0 Å². The van der Waals surface area contributed by atoms with E-state index in [1.165, 1.54) is 12.1 Å². The van der Waals surface area contributed by atoms with Gasteiger partial charge in [0, 0.05) is 6.54 Å². The molecular weight excluding hydrogens is 377 g/mol. The first kappa shape index (κ1) is 19.8. The molecule has 28 heavy (non-hydrogen) atoms. The molecule has 2 aromatic carbocycles. The van der Waals surface area contributed by atoms with Gasteiger partial charge in [-0.25, -0.2) is 17.8 Å². The Balaban J connectivity index is 1.60. The summed E-state index contributed by atoms with van der Waals surface area (Å²) >= 11 is 0. The largest absolute Gasteiger partial charge is 0.383 e. The number of sulfonamides is 1. The maximum atomic E-state index is 12.9. The molecule has 0 radical (unpaired) electrons. The van der Waals surface area contributed by atoms with Crippen molar-refractivity contribution in [3.05, 3.63) is 83.3 Å². The molecule has 0 aliphatic carbocycles. The molecule has 0 spiro atoms. The van der Waals surface area contributed by atoms with Crippen molar-refractivity contribution in [1.82, 2.24) is 4.98 Å². The number of nitrogens with zero attached hydrogens (tertiary/aromatic N) is 1. The van der Waals surface area contributed by atoms with Gasteiger partial charge in [-0.2, -0.15) is 0 Å². The first-order valence-electron chi connectivity index (χ1n) is 8.88. The fourth-order valence-corrected chi connectivity index (χ4v) is 4.09. The Morgan fingerprint density at radius 2 is 1.75 bits per heavy atom. The van der Waals surface area contributed by atoms with Crippen molar-refractivity contribution < 1.29 is 12.8 Å². The zero-order valence-electron chi connectivity index (χ0n) is 15.7. The number of nitrogens with one attached hydrogen (secondary N) is 2. The highest BCUT2D eigenvalue weighted by Gasteiger charge is 2.17. The summed E-state index contributed by atoms with van der Waals surface area (Å²) in [7, 11) is -3.70.